The van der Waals surface area contributed by atoms with Crippen LogP contribution in [0.1, 0.15) is 17.3 Å². The molecule has 0 aliphatic carbocycles. The van der Waals surface area contributed by atoms with Crippen LogP contribution in [0.2, 0.25) is 0 Å². The fourth-order valence-corrected chi connectivity index (χ4v) is 0.798. The molecule has 0 spiro atoms. The summed E-state index contributed by atoms with van der Waals surface area (Å²) in [6, 6.07) is 8.68. The Morgan fingerprint density at radius 3 is 2.17 bits per heavy atom. The van der Waals surface area contributed by atoms with Crippen molar-refractivity contribution in [2.45, 2.75) is 6.92 Å². The number of carbonyl (C=O) groups is 1. The van der Waals surface area contributed by atoms with Crippen molar-refractivity contribution in [3.63, 3.8) is 0 Å². The summed E-state index contributed by atoms with van der Waals surface area (Å²) in [6.07, 6.45) is 0. The molecule has 1 aromatic carbocycles. The summed E-state index contributed by atoms with van der Waals surface area (Å²) < 4.78 is 0. The molecule has 1 aromatic rings. The summed E-state index contributed by atoms with van der Waals surface area (Å²) >= 11 is 0. The van der Waals surface area contributed by atoms with Crippen LogP contribution in [0.3, 0.4) is 0 Å². The predicted octanol–water partition coefficient (Wildman–Crippen LogP) is 1.90. The average molecular weight is 235 g/mol. The number of benzene rings is 1. The van der Waals surface area contributed by atoms with E-state index < -0.39 is 0 Å². The van der Waals surface area contributed by atoms with Crippen molar-refractivity contribution in [3.8, 4) is 0 Å². The number of carbonyl (C=O) groups excluding carboxylic acids is 1. The van der Waals surface area contributed by atoms with Crippen molar-refractivity contribution in [3.05, 3.63) is 41.3 Å². The molecule has 0 fully saturated rings. The molecular formula is C9H8NOY-. The third kappa shape index (κ3) is 2.96. The molecule has 0 aliphatic rings. The van der Waals surface area contributed by atoms with Crippen LogP contribution in [-0.2, 0) is 32.7 Å². The Kier molecular flexibility index (Phi) is 5.18. The van der Waals surface area contributed by atoms with Crippen LogP contribution in [-0.4, -0.2) is 11.5 Å². The normalized spacial score (nSPS) is 8.42. The molecule has 1 rings (SSSR count). The van der Waals surface area contributed by atoms with Crippen LogP contribution in [0.5, 0.6) is 0 Å². The average Bonchev–Trinajstić information content (AvgIpc) is 2.05. The van der Waals surface area contributed by atoms with Crippen molar-refractivity contribution < 1.29 is 37.5 Å². The SMILES string of the molecule is CC(=[N-])C(=O)c1ccccc1.[Y]. The largest absolute Gasteiger partial charge is 0.805 e. The number of rotatable bonds is 2. The Labute approximate surface area is 96.8 Å². The topological polar surface area (TPSA) is 39.4 Å². The first-order valence-electron chi connectivity index (χ1n) is 3.34. The van der Waals surface area contributed by atoms with E-state index in [1.54, 1.807) is 24.3 Å². The number of Topliss-reactive ketones (excluding diaryl/α,β-unsaturated/α-hetero) is 1. The van der Waals surface area contributed by atoms with Gasteiger partial charge in [0.05, 0.1) is 0 Å². The van der Waals surface area contributed by atoms with Gasteiger partial charge in [0.15, 0.2) is 5.78 Å². The van der Waals surface area contributed by atoms with E-state index in [1.165, 1.54) is 6.92 Å². The Bertz CT molecular complexity index is 282. The minimum atomic E-state index is -0.314. The predicted molar refractivity (Wildman–Crippen MR) is 44.8 cm³/mol. The van der Waals surface area contributed by atoms with Crippen LogP contribution < -0.4 is 0 Å². The summed E-state index contributed by atoms with van der Waals surface area (Å²) in [5, 5.41) is 8.84. The van der Waals surface area contributed by atoms with Crippen molar-refractivity contribution >= 4 is 11.5 Å². The molecule has 0 saturated carbocycles. The zero-order chi connectivity index (χ0) is 8.27. The van der Waals surface area contributed by atoms with Gasteiger partial charge >= 0.3 is 0 Å². The monoisotopic (exact) mass is 235 g/mol. The van der Waals surface area contributed by atoms with Crippen LogP contribution in [0, 0.1) is 0 Å². The van der Waals surface area contributed by atoms with Gasteiger partial charge in [0.1, 0.15) is 0 Å². The van der Waals surface area contributed by atoms with Crippen LogP contribution in [0.4, 0.5) is 0 Å². The summed E-state index contributed by atoms with van der Waals surface area (Å²) in [4.78, 5) is 11.1. The van der Waals surface area contributed by atoms with E-state index in [0.717, 1.165) is 0 Å². The van der Waals surface area contributed by atoms with E-state index in [2.05, 4.69) is 0 Å². The van der Waals surface area contributed by atoms with E-state index >= 15 is 0 Å². The Morgan fingerprint density at radius 2 is 1.75 bits per heavy atom. The number of nitrogens with zero attached hydrogens (tertiary/aromatic N) is 1. The summed E-state index contributed by atoms with van der Waals surface area (Å²) in [5.74, 6) is -0.314. The first-order chi connectivity index (χ1) is 5.22. The van der Waals surface area contributed by atoms with E-state index in [4.69, 9.17) is 5.41 Å². The second-order valence-corrected chi connectivity index (χ2v) is 2.28. The van der Waals surface area contributed by atoms with Crippen molar-refractivity contribution in [2.24, 2.45) is 0 Å². The van der Waals surface area contributed by atoms with Gasteiger partial charge in [0, 0.05) is 38.3 Å². The second-order valence-electron chi connectivity index (χ2n) is 2.28. The summed E-state index contributed by atoms with van der Waals surface area (Å²) in [6.45, 7) is 1.38. The fraction of sp³-hybridized carbons (Fsp3) is 0.111. The molecule has 0 amide bonds. The first kappa shape index (κ1) is 11.7. The van der Waals surface area contributed by atoms with Crippen LogP contribution in [0.15, 0.2) is 30.3 Å². The minimum absolute atomic E-state index is 0. The van der Waals surface area contributed by atoms with Gasteiger partial charge in [0.2, 0.25) is 0 Å². The molecule has 12 heavy (non-hydrogen) atoms. The van der Waals surface area contributed by atoms with E-state index in [1.807, 2.05) is 6.07 Å². The van der Waals surface area contributed by atoms with E-state index in [9.17, 15) is 4.79 Å². The maximum absolute atomic E-state index is 11.1. The molecule has 0 atom stereocenters. The van der Waals surface area contributed by atoms with Gasteiger partial charge in [-0.1, -0.05) is 37.3 Å². The molecule has 1 radical (unpaired) electrons. The first-order valence-corrected chi connectivity index (χ1v) is 3.34. The molecule has 59 valence electrons. The quantitative estimate of drug-likeness (QED) is 0.569. The van der Waals surface area contributed by atoms with Gasteiger partial charge in [-0.2, -0.15) is 0 Å². The van der Waals surface area contributed by atoms with E-state index in [-0.39, 0.29) is 44.2 Å². The Balaban J connectivity index is 0.00000121. The maximum Gasteiger partial charge on any atom is 0.165 e. The molecule has 3 heteroatoms. The number of hydrogen-bond donors (Lipinski definition) is 0. The summed E-state index contributed by atoms with van der Waals surface area (Å²) in [7, 11) is 0. The molecule has 0 bridgehead atoms. The smallest absolute Gasteiger partial charge is 0.165 e. The van der Waals surface area contributed by atoms with Crippen molar-refractivity contribution in [1.82, 2.24) is 0 Å². The van der Waals surface area contributed by atoms with Gasteiger partial charge in [0.25, 0.3) is 0 Å². The molecule has 0 saturated heterocycles. The van der Waals surface area contributed by atoms with Crippen LogP contribution >= 0.6 is 0 Å². The van der Waals surface area contributed by atoms with Crippen LogP contribution in [0.25, 0.3) is 5.41 Å². The molecule has 0 aliphatic heterocycles. The van der Waals surface area contributed by atoms with Gasteiger partial charge in [-0.05, 0) is 0 Å². The molecule has 0 aromatic heterocycles. The Morgan fingerprint density at radius 1 is 1.25 bits per heavy atom. The molecular weight excluding hydrogens is 227 g/mol. The third-order valence-corrected chi connectivity index (χ3v) is 1.36. The summed E-state index contributed by atoms with van der Waals surface area (Å²) in [5.41, 5.74) is 0.351. The number of hydrogen-bond acceptors (Lipinski definition) is 1. The number of ketones is 1. The Hall–Kier alpha value is -0.336. The molecule has 0 unspecified atom stereocenters. The van der Waals surface area contributed by atoms with Crippen molar-refractivity contribution in [2.75, 3.05) is 0 Å². The molecule has 2 nitrogen and oxygen atoms in total. The maximum atomic E-state index is 11.1. The van der Waals surface area contributed by atoms with Gasteiger partial charge in [-0.25, -0.2) is 0 Å². The zero-order valence-corrected chi connectivity index (χ0v) is 9.66. The van der Waals surface area contributed by atoms with Crippen molar-refractivity contribution in [1.29, 1.82) is 0 Å². The molecule has 0 heterocycles. The minimum Gasteiger partial charge on any atom is -0.805 e. The standard InChI is InChI=1S/C9H8NO.Y/c1-7(10)9(11)8-5-3-2-4-6-8;/h2-6H,1H3;/q-1;. The third-order valence-electron chi connectivity index (χ3n) is 1.36. The van der Waals surface area contributed by atoms with Gasteiger partial charge in [-0.15, -0.1) is 5.71 Å². The fourth-order valence-electron chi connectivity index (χ4n) is 0.798. The second kappa shape index (κ2) is 5.33. The van der Waals surface area contributed by atoms with E-state index in [0.29, 0.717) is 5.56 Å². The molecule has 0 N–H and O–H groups in total. The van der Waals surface area contributed by atoms with Gasteiger partial charge in [-0.3, -0.25) is 4.79 Å². The zero-order valence-electron chi connectivity index (χ0n) is 6.82. The van der Waals surface area contributed by atoms with Gasteiger partial charge < -0.3 is 5.41 Å².